The molecule has 0 atom stereocenters. The van der Waals surface area contributed by atoms with Crippen LogP contribution in [0.2, 0.25) is 0 Å². The standard InChI is InChI=1S/C15H26N4O3S/c1-4-23(20,21)19(2)11-7-10-17-15(16)18-14-9-6-5-8-13(14)12-22-3/h5-6,8-9H,4,7,10-12H2,1-3H3,(H3,16,17,18). The molecular weight excluding hydrogens is 316 g/mol. The highest BCUT2D eigenvalue weighted by molar-refractivity contribution is 7.89. The lowest BCUT2D eigenvalue weighted by atomic mass is 10.2. The third kappa shape index (κ3) is 6.55. The van der Waals surface area contributed by atoms with Crippen molar-refractivity contribution in [3.8, 4) is 0 Å². The van der Waals surface area contributed by atoms with Gasteiger partial charge in [-0.05, 0) is 19.4 Å². The molecule has 0 spiro atoms. The van der Waals surface area contributed by atoms with Crippen molar-refractivity contribution in [2.24, 2.45) is 10.7 Å². The molecule has 3 N–H and O–H groups in total. The number of nitrogens with one attached hydrogen (secondary N) is 1. The zero-order valence-corrected chi connectivity index (χ0v) is 14.8. The van der Waals surface area contributed by atoms with E-state index in [0.29, 0.717) is 32.1 Å². The Labute approximate surface area is 138 Å². The number of hydrogen-bond acceptors (Lipinski definition) is 4. The largest absolute Gasteiger partial charge is 0.380 e. The van der Waals surface area contributed by atoms with E-state index in [0.717, 1.165) is 11.3 Å². The van der Waals surface area contributed by atoms with E-state index in [-0.39, 0.29) is 5.75 Å². The van der Waals surface area contributed by atoms with Crippen molar-refractivity contribution < 1.29 is 13.2 Å². The minimum absolute atomic E-state index is 0.104. The van der Waals surface area contributed by atoms with Crippen LogP contribution in [0.1, 0.15) is 18.9 Å². The van der Waals surface area contributed by atoms with Crippen molar-refractivity contribution in [3.05, 3.63) is 29.8 Å². The van der Waals surface area contributed by atoms with Gasteiger partial charge in [0, 0.05) is 38.5 Å². The average Bonchev–Trinajstić information content (AvgIpc) is 2.53. The summed E-state index contributed by atoms with van der Waals surface area (Å²) in [5.41, 5.74) is 7.70. The first kappa shape index (κ1) is 19.4. The van der Waals surface area contributed by atoms with Gasteiger partial charge in [-0.2, -0.15) is 0 Å². The minimum atomic E-state index is -3.14. The van der Waals surface area contributed by atoms with Crippen LogP contribution in [0.4, 0.5) is 5.69 Å². The van der Waals surface area contributed by atoms with Gasteiger partial charge in [0.25, 0.3) is 0 Å². The van der Waals surface area contributed by atoms with Crippen molar-refractivity contribution in [2.75, 3.05) is 38.3 Å². The summed E-state index contributed by atoms with van der Waals surface area (Å²) in [4.78, 5) is 4.22. The Morgan fingerprint density at radius 3 is 2.74 bits per heavy atom. The van der Waals surface area contributed by atoms with Gasteiger partial charge in [-0.1, -0.05) is 18.2 Å². The number of methoxy groups -OCH3 is 1. The van der Waals surface area contributed by atoms with Gasteiger partial charge < -0.3 is 15.8 Å². The van der Waals surface area contributed by atoms with Crippen LogP contribution < -0.4 is 11.1 Å². The molecule has 0 aliphatic rings. The second-order valence-corrected chi connectivity index (χ2v) is 7.42. The molecule has 0 saturated heterocycles. The van der Waals surface area contributed by atoms with Gasteiger partial charge in [0.15, 0.2) is 5.96 Å². The van der Waals surface area contributed by atoms with E-state index in [1.54, 1.807) is 21.1 Å². The lowest BCUT2D eigenvalue weighted by Crippen LogP contribution is -2.30. The van der Waals surface area contributed by atoms with E-state index in [9.17, 15) is 8.42 Å². The Morgan fingerprint density at radius 1 is 1.39 bits per heavy atom. The van der Waals surface area contributed by atoms with E-state index in [1.807, 2.05) is 24.3 Å². The van der Waals surface area contributed by atoms with Crippen LogP contribution in [0.25, 0.3) is 0 Å². The smallest absolute Gasteiger partial charge is 0.213 e. The van der Waals surface area contributed by atoms with Crippen molar-refractivity contribution in [3.63, 3.8) is 0 Å². The quantitative estimate of drug-likeness (QED) is 0.400. The van der Waals surface area contributed by atoms with Gasteiger partial charge in [-0.3, -0.25) is 4.99 Å². The monoisotopic (exact) mass is 342 g/mol. The minimum Gasteiger partial charge on any atom is -0.380 e. The van der Waals surface area contributed by atoms with Crippen LogP contribution in [-0.2, 0) is 21.4 Å². The second kappa shape index (κ2) is 9.49. The fourth-order valence-corrected chi connectivity index (χ4v) is 2.80. The molecule has 0 unspecified atom stereocenters. The number of nitrogens with two attached hydrogens (primary N) is 1. The Bertz CT molecular complexity index is 617. The molecule has 0 amide bonds. The maximum Gasteiger partial charge on any atom is 0.213 e. The number of aliphatic imine (C=N–C) groups is 1. The summed E-state index contributed by atoms with van der Waals surface area (Å²) in [6.07, 6.45) is 0.609. The summed E-state index contributed by atoms with van der Waals surface area (Å²) in [6, 6.07) is 7.68. The topological polar surface area (TPSA) is 97.0 Å². The van der Waals surface area contributed by atoms with Crippen molar-refractivity contribution >= 4 is 21.7 Å². The van der Waals surface area contributed by atoms with E-state index in [1.165, 1.54) is 4.31 Å². The van der Waals surface area contributed by atoms with Crippen LogP contribution in [0, 0.1) is 0 Å². The molecule has 1 aromatic rings. The summed E-state index contributed by atoms with van der Waals surface area (Å²) in [5, 5.41) is 3.04. The van der Waals surface area contributed by atoms with E-state index >= 15 is 0 Å². The molecule has 8 heteroatoms. The highest BCUT2D eigenvalue weighted by Gasteiger charge is 2.13. The highest BCUT2D eigenvalue weighted by atomic mass is 32.2. The van der Waals surface area contributed by atoms with Gasteiger partial charge in [0.2, 0.25) is 10.0 Å². The molecule has 23 heavy (non-hydrogen) atoms. The summed E-state index contributed by atoms with van der Waals surface area (Å²) in [6.45, 7) is 2.99. The Balaban J connectivity index is 2.50. The number of nitrogens with zero attached hydrogens (tertiary/aromatic N) is 2. The highest BCUT2D eigenvalue weighted by Crippen LogP contribution is 2.15. The Kier molecular flexibility index (Phi) is 8.01. The number of rotatable bonds is 9. The lowest BCUT2D eigenvalue weighted by molar-refractivity contribution is 0.185. The molecule has 0 aromatic heterocycles. The summed E-state index contributed by atoms with van der Waals surface area (Å²) in [5.74, 6) is 0.404. The fraction of sp³-hybridized carbons (Fsp3) is 0.533. The normalized spacial score (nSPS) is 12.6. The number of ether oxygens (including phenoxy) is 1. The van der Waals surface area contributed by atoms with E-state index in [4.69, 9.17) is 10.5 Å². The van der Waals surface area contributed by atoms with Gasteiger partial charge >= 0.3 is 0 Å². The maximum absolute atomic E-state index is 11.6. The first-order chi connectivity index (χ1) is 10.9. The van der Waals surface area contributed by atoms with Crippen molar-refractivity contribution in [2.45, 2.75) is 20.0 Å². The second-order valence-electron chi connectivity index (χ2n) is 5.06. The third-order valence-corrected chi connectivity index (χ3v) is 5.19. The molecule has 7 nitrogen and oxygen atoms in total. The first-order valence-electron chi connectivity index (χ1n) is 7.48. The van der Waals surface area contributed by atoms with Crippen LogP contribution >= 0.6 is 0 Å². The summed E-state index contributed by atoms with van der Waals surface area (Å²) in [7, 11) is 0.0733. The molecule has 130 valence electrons. The third-order valence-electron chi connectivity index (χ3n) is 3.33. The molecule has 1 rings (SSSR count). The average molecular weight is 342 g/mol. The molecule has 0 saturated carbocycles. The van der Waals surface area contributed by atoms with Crippen LogP contribution in [-0.4, -0.2) is 51.7 Å². The van der Waals surface area contributed by atoms with E-state index < -0.39 is 10.0 Å². The zero-order chi connectivity index (χ0) is 17.3. The molecule has 0 heterocycles. The first-order valence-corrected chi connectivity index (χ1v) is 9.09. The Hall–Kier alpha value is -1.64. The Morgan fingerprint density at radius 2 is 2.09 bits per heavy atom. The van der Waals surface area contributed by atoms with Gasteiger partial charge in [0.1, 0.15) is 0 Å². The molecule has 0 bridgehead atoms. The summed E-state index contributed by atoms with van der Waals surface area (Å²) < 4.78 is 29.7. The fourth-order valence-electron chi connectivity index (χ4n) is 1.95. The van der Waals surface area contributed by atoms with Crippen molar-refractivity contribution in [1.82, 2.24) is 4.31 Å². The van der Waals surface area contributed by atoms with E-state index in [2.05, 4.69) is 10.3 Å². The lowest BCUT2D eigenvalue weighted by Gasteiger charge is -2.15. The number of anilines is 1. The van der Waals surface area contributed by atoms with Crippen molar-refractivity contribution in [1.29, 1.82) is 0 Å². The van der Waals surface area contributed by atoms with Gasteiger partial charge in [-0.15, -0.1) is 0 Å². The molecular formula is C15H26N4O3S. The summed E-state index contributed by atoms with van der Waals surface area (Å²) >= 11 is 0. The number of guanidine groups is 1. The van der Waals surface area contributed by atoms with Gasteiger partial charge in [0.05, 0.1) is 12.4 Å². The van der Waals surface area contributed by atoms with Crippen LogP contribution in [0.15, 0.2) is 29.3 Å². The number of hydrogen-bond donors (Lipinski definition) is 2. The molecule has 0 fully saturated rings. The van der Waals surface area contributed by atoms with Gasteiger partial charge in [-0.25, -0.2) is 12.7 Å². The number of para-hydroxylation sites is 1. The predicted octanol–water partition coefficient (Wildman–Crippen LogP) is 1.23. The molecule has 0 aliphatic carbocycles. The van der Waals surface area contributed by atoms with Crippen LogP contribution in [0.5, 0.6) is 0 Å². The number of sulfonamides is 1. The maximum atomic E-state index is 11.6. The van der Waals surface area contributed by atoms with Crippen LogP contribution in [0.3, 0.4) is 0 Å². The molecule has 0 aliphatic heterocycles. The predicted molar refractivity (Wildman–Crippen MR) is 94.0 cm³/mol. The number of benzene rings is 1. The molecule has 1 aromatic carbocycles. The SMILES string of the molecule is CCS(=O)(=O)N(C)CCCN=C(N)Nc1ccccc1COC. The molecule has 0 radical (unpaired) electrons. The zero-order valence-electron chi connectivity index (χ0n) is 13.9.